The van der Waals surface area contributed by atoms with Gasteiger partial charge in [-0.1, -0.05) is 24.3 Å². The van der Waals surface area contributed by atoms with Crippen LogP contribution in [-0.4, -0.2) is 19.0 Å². The molecule has 1 aliphatic rings. The second-order valence-corrected chi connectivity index (χ2v) is 5.46. The maximum Gasteiger partial charge on any atom is 0.266 e. The van der Waals surface area contributed by atoms with Crippen LogP contribution in [0.1, 0.15) is 12.0 Å². The summed E-state index contributed by atoms with van der Waals surface area (Å²) < 4.78 is 26.7. The summed E-state index contributed by atoms with van der Waals surface area (Å²) in [6.45, 7) is -0.00332. The average Bonchev–Trinajstić information content (AvgIpc) is 2.87. The van der Waals surface area contributed by atoms with Crippen molar-refractivity contribution in [3.05, 3.63) is 48.0 Å². The lowest BCUT2D eigenvalue weighted by Gasteiger charge is -2.21. The molecule has 1 saturated heterocycles. The van der Waals surface area contributed by atoms with Crippen molar-refractivity contribution in [2.45, 2.75) is 12.3 Å². The van der Waals surface area contributed by atoms with Gasteiger partial charge in [-0.25, -0.2) is 8.78 Å². The monoisotopic (exact) mass is 299 g/mol. The predicted molar refractivity (Wildman–Crippen MR) is 82.8 cm³/mol. The summed E-state index contributed by atoms with van der Waals surface area (Å²) in [7, 11) is 0. The summed E-state index contributed by atoms with van der Waals surface area (Å²) in [4.78, 5) is 1.61. The minimum Gasteiger partial charge on any atom is -0.397 e. The van der Waals surface area contributed by atoms with Crippen molar-refractivity contribution in [3.8, 4) is 17.2 Å². The zero-order valence-electron chi connectivity index (χ0n) is 11.9. The third-order valence-corrected chi connectivity index (χ3v) is 3.90. The summed E-state index contributed by atoms with van der Waals surface area (Å²) in [5.74, 6) is -2.65. The zero-order valence-corrected chi connectivity index (χ0v) is 11.9. The Labute approximate surface area is 127 Å². The average molecular weight is 299 g/mol. The fourth-order valence-corrected chi connectivity index (χ4v) is 2.78. The van der Waals surface area contributed by atoms with Gasteiger partial charge in [0.15, 0.2) is 0 Å². The Morgan fingerprint density at radius 2 is 1.95 bits per heavy atom. The van der Waals surface area contributed by atoms with E-state index in [4.69, 9.17) is 11.0 Å². The topological polar surface area (TPSA) is 53.0 Å². The molecule has 3 nitrogen and oxygen atoms in total. The summed E-state index contributed by atoms with van der Waals surface area (Å²) in [5.41, 5.74) is 9.27. The van der Waals surface area contributed by atoms with Crippen LogP contribution in [0.2, 0.25) is 0 Å². The molecular weight excluding hydrogens is 284 g/mol. The fourth-order valence-electron chi connectivity index (χ4n) is 2.78. The number of rotatable bonds is 2. The van der Waals surface area contributed by atoms with E-state index in [1.807, 2.05) is 18.2 Å². The maximum atomic E-state index is 13.3. The highest BCUT2D eigenvalue weighted by molar-refractivity contribution is 5.79. The largest absolute Gasteiger partial charge is 0.397 e. The summed E-state index contributed by atoms with van der Waals surface area (Å²) in [6, 6.07) is 14.7. The van der Waals surface area contributed by atoms with Gasteiger partial charge in [-0.3, -0.25) is 0 Å². The Balaban J connectivity index is 1.95. The van der Waals surface area contributed by atoms with Gasteiger partial charge in [0.05, 0.1) is 29.6 Å². The quantitative estimate of drug-likeness (QED) is 0.861. The molecule has 0 amide bonds. The molecule has 0 atom stereocenters. The van der Waals surface area contributed by atoms with Gasteiger partial charge in [0.25, 0.3) is 5.92 Å². The number of nitriles is 1. The molecule has 0 aliphatic carbocycles. The normalized spacial score (nSPS) is 16.5. The first kappa shape index (κ1) is 14.3. The number of hydrogen-bond donors (Lipinski definition) is 1. The van der Waals surface area contributed by atoms with Gasteiger partial charge >= 0.3 is 0 Å². The SMILES string of the molecule is N#Cc1ccccc1-c1ccc(N2CCC(F)(F)C2)c(N)c1. The van der Waals surface area contributed by atoms with Crippen LogP contribution in [0.4, 0.5) is 20.2 Å². The van der Waals surface area contributed by atoms with Crippen molar-refractivity contribution in [1.82, 2.24) is 0 Å². The second-order valence-electron chi connectivity index (χ2n) is 5.46. The van der Waals surface area contributed by atoms with E-state index in [2.05, 4.69) is 6.07 Å². The van der Waals surface area contributed by atoms with E-state index >= 15 is 0 Å². The van der Waals surface area contributed by atoms with Crippen molar-refractivity contribution >= 4 is 11.4 Å². The third kappa shape index (κ3) is 2.60. The van der Waals surface area contributed by atoms with E-state index in [9.17, 15) is 8.78 Å². The van der Waals surface area contributed by atoms with Crippen LogP contribution < -0.4 is 10.6 Å². The molecule has 2 aromatic rings. The molecule has 0 spiro atoms. The van der Waals surface area contributed by atoms with Gasteiger partial charge in [0, 0.05) is 13.0 Å². The van der Waals surface area contributed by atoms with E-state index in [-0.39, 0.29) is 13.0 Å². The van der Waals surface area contributed by atoms with Crippen molar-refractivity contribution in [3.63, 3.8) is 0 Å². The molecule has 1 heterocycles. The van der Waals surface area contributed by atoms with E-state index in [0.29, 0.717) is 23.5 Å². The lowest BCUT2D eigenvalue weighted by Crippen LogP contribution is -2.25. The van der Waals surface area contributed by atoms with Gasteiger partial charge in [-0.05, 0) is 29.3 Å². The molecule has 3 rings (SSSR count). The second kappa shape index (κ2) is 5.30. The molecule has 22 heavy (non-hydrogen) atoms. The lowest BCUT2D eigenvalue weighted by atomic mass is 9.99. The minimum absolute atomic E-state index is 0.147. The Hall–Kier alpha value is -2.61. The molecule has 112 valence electrons. The molecular formula is C17H15F2N3. The highest BCUT2D eigenvalue weighted by Gasteiger charge is 2.38. The van der Waals surface area contributed by atoms with Gasteiger partial charge in [0.2, 0.25) is 0 Å². The van der Waals surface area contributed by atoms with Crippen LogP contribution in [0.15, 0.2) is 42.5 Å². The molecule has 0 radical (unpaired) electrons. The fraction of sp³-hybridized carbons (Fsp3) is 0.235. The molecule has 0 bridgehead atoms. The van der Waals surface area contributed by atoms with E-state index in [1.54, 1.807) is 29.2 Å². The first-order valence-electron chi connectivity index (χ1n) is 7.02. The number of nitrogens with two attached hydrogens (primary N) is 1. The molecule has 1 aliphatic heterocycles. The number of alkyl halides is 2. The molecule has 0 aromatic heterocycles. The Morgan fingerprint density at radius 3 is 2.59 bits per heavy atom. The van der Waals surface area contributed by atoms with E-state index in [0.717, 1.165) is 11.1 Å². The summed E-state index contributed by atoms with van der Waals surface area (Å²) in [5, 5.41) is 9.16. The summed E-state index contributed by atoms with van der Waals surface area (Å²) >= 11 is 0. The van der Waals surface area contributed by atoms with Crippen LogP contribution in [0.5, 0.6) is 0 Å². The standard InChI is InChI=1S/C17H15F2N3/c18-17(19)7-8-22(11-17)16-6-5-12(9-15(16)21)14-4-2-1-3-13(14)10-20/h1-6,9H,7-8,11,21H2. The Kier molecular flexibility index (Phi) is 3.45. The van der Waals surface area contributed by atoms with Crippen molar-refractivity contribution in [2.24, 2.45) is 0 Å². The first-order chi connectivity index (χ1) is 10.5. The van der Waals surface area contributed by atoms with Gasteiger partial charge in [0.1, 0.15) is 0 Å². The molecule has 2 N–H and O–H groups in total. The number of hydrogen-bond acceptors (Lipinski definition) is 3. The number of nitrogen functional groups attached to an aromatic ring is 1. The lowest BCUT2D eigenvalue weighted by molar-refractivity contribution is 0.0257. The number of anilines is 2. The molecule has 0 unspecified atom stereocenters. The smallest absolute Gasteiger partial charge is 0.266 e. The van der Waals surface area contributed by atoms with E-state index < -0.39 is 5.92 Å². The van der Waals surface area contributed by atoms with Crippen LogP contribution >= 0.6 is 0 Å². The number of nitrogens with zero attached hydrogens (tertiary/aromatic N) is 2. The van der Waals surface area contributed by atoms with Crippen LogP contribution in [0, 0.1) is 11.3 Å². The number of benzene rings is 2. The number of halogens is 2. The van der Waals surface area contributed by atoms with E-state index in [1.165, 1.54) is 0 Å². The molecule has 5 heteroatoms. The Bertz CT molecular complexity index is 750. The molecule has 0 saturated carbocycles. The van der Waals surface area contributed by atoms with Gasteiger partial charge < -0.3 is 10.6 Å². The molecule has 2 aromatic carbocycles. The third-order valence-electron chi connectivity index (χ3n) is 3.90. The highest BCUT2D eigenvalue weighted by Crippen LogP contribution is 2.36. The maximum absolute atomic E-state index is 13.3. The Morgan fingerprint density at radius 1 is 1.18 bits per heavy atom. The summed E-state index contributed by atoms with van der Waals surface area (Å²) in [6.07, 6.45) is -0.147. The van der Waals surface area contributed by atoms with Crippen molar-refractivity contribution < 1.29 is 8.78 Å². The van der Waals surface area contributed by atoms with Crippen molar-refractivity contribution in [1.29, 1.82) is 5.26 Å². The van der Waals surface area contributed by atoms with Crippen LogP contribution in [-0.2, 0) is 0 Å². The van der Waals surface area contributed by atoms with Crippen LogP contribution in [0.25, 0.3) is 11.1 Å². The van der Waals surface area contributed by atoms with Crippen LogP contribution in [0.3, 0.4) is 0 Å². The predicted octanol–water partition coefficient (Wildman–Crippen LogP) is 3.65. The molecule has 1 fully saturated rings. The van der Waals surface area contributed by atoms with Crippen molar-refractivity contribution in [2.75, 3.05) is 23.7 Å². The van der Waals surface area contributed by atoms with Gasteiger partial charge in [-0.2, -0.15) is 5.26 Å². The minimum atomic E-state index is -2.65. The van der Waals surface area contributed by atoms with Gasteiger partial charge in [-0.15, -0.1) is 0 Å². The highest BCUT2D eigenvalue weighted by atomic mass is 19.3. The first-order valence-corrected chi connectivity index (χ1v) is 7.02. The zero-order chi connectivity index (χ0) is 15.7.